The van der Waals surface area contributed by atoms with Crippen molar-refractivity contribution in [3.63, 3.8) is 0 Å². The van der Waals surface area contributed by atoms with Gasteiger partial charge in [-0.25, -0.2) is 9.18 Å². The highest BCUT2D eigenvalue weighted by Crippen LogP contribution is 2.33. The number of hydrogen-bond acceptors (Lipinski definition) is 4. The molecule has 1 aromatic heterocycles. The summed E-state index contributed by atoms with van der Waals surface area (Å²) >= 11 is 4.91. The first-order valence-corrected chi connectivity index (χ1v) is 7.35. The summed E-state index contributed by atoms with van der Waals surface area (Å²) < 4.78 is 19.4. The van der Waals surface area contributed by atoms with E-state index in [1.807, 2.05) is 22.6 Å². The van der Waals surface area contributed by atoms with Crippen LogP contribution < -0.4 is 5.56 Å². The molecule has 2 N–H and O–H groups in total. The van der Waals surface area contributed by atoms with E-state index >= 15 is 0 Å². The zero-order valence-corrected chi connectivity index (χ0v) is 13.8. The first kappa shape index (κ1) is 15.2. The highest BCUT2D eigenvalue weighted by molar-refractivity contribution is 14.1. The van der Waals surface area contributed by atoms with Crippen molar-refractivity contribution in [1.29, 1.82) is 0 Å². The summed E-state index contributed by atoms with van der Waals surface area (Å²) in [5.74, 6) is -2.26. The van der Waals surface area contributed by atoms with Gasteiger partial charge in [0, 0.05) is 8.96 Å². The summed E-state index contributed by atoms with van der Waals surface area (Å²) in [7, 11) is 0. The van der Waals surface area contributed by atoms with Crippen LogP contribution >= 0.6 is 38.5 Å². The predicted octanol–water partition coefficient (Wildman–Crippen LogP) is 2.92. The Labute approximate surface area is 134 Å². The van der Waals surface area contributed by atoms with E-state index in [1.54, 1.807) is 6.92 Å². The lowest BCUT2D eigenvalue weighted by Gasteiger charge is -2.09. The molecule has 0 bridgehead atoms. The third-order valence-electron chi connectivity index (χ3n) is 2.60. The molecule has 0 aliphatic heterocycles. The number of aromatic nitrogens is 1. The van der Waals surface area contributed by atoms with Crippen LogP contribution in [0.25, 0.3) is 10.9 Å². The van der Waals surface area contributed by atoms with E-state index < -0.39 is 28.7 Å². The highest BCUT2D eigenvalue weighted by Gasteiger charge is 2.23. The molecular weight excluding hydrogens is 448 g/mol. The SMILES string of the molecule is CCOC(=O)c1c(O)c2cc(I)c(Br)c(F)c2[nH]c1=O. The monoisotopic (exact) mass is 455 g/mol. The van der Waals surface area contributed by atoms with Crippen molar-refractivity contribution >= 4 is 55.4 Å². The van der Waals surface area contributed by atoms with Crippen molar-refractivity contribution < 1.29 is 19.0 Å². The number of pyridine rings is 1. The Morgan fingerprint density at radius 1 is 1.60 bits per heavy atom. The summed E-state index contributed by atoms with van der Waals surface area (Å²) in [6.45, 7) is 1.63. The van der Waals surface area contributed by atoms with Gasteiger partial charge in [-0.15, -0.1) is 0 Å². The number of benzene rings is 1. The molecule has 1 aromatic carbocycles. The average molecular weight is 456 g/mol. The molecule has 0 saturated carbocycles. The Bertz CT molecular complexity index is 774. The van der Waals surface area contributed by atoms with Gasteiger partial charge in [0.25, 0.3) is 5.56 Å². The number of carbonyl (C=O) groups is 1. The highest BCUT2D eigenvalue weighted by atomic mass is 127. The predicted molar refractivity (Wildman–Crippen MR) is 82.6 cm³/mol. The third kappa shape index (κ3) is 2.41. The number of fused-ring (bicyclic) bond motifs is 1. The molecular formula is C12H8BrFINO4. The third-order valence-corrected chi connectivity index (χ3v) is 4.97. The second-order valence-electron chi connectivity index (χ2n) is 3.81. The summed E-state index contributed by atoms with van der Waals surface area (Å²) in [6, 6.07) is 1.46. The fourth-order valence-corrected chi connectivity index (χ4v) is 2.58. The minimum atomic E-state index is -0.952. The zero-order valence-electron chi connectivity index (χ0n) is 10.1. The standard InChI is InChI=1S/C12H8BrFINO4/c1-2-20-12(19)6-10(17)4-3-5(15)7(13)8(14)9(4)16-11(6)18/h3H,2H2,1H3,(H2,16,17,18). The molecule has 0 atom stereocenters. The molecule has 2 aromatic rings. The Morgan fingerprint density at radius 3 is 2.85 bits per heavy atom. The lowest BCUT2D eigenvalue weighted by atomic mass is 10.1. The van der Waals surface area contributed by atoms with Crippen LogP contribution in [0.15, 0.2) is 15.3 Å². The number of halogens is 3. The smallest absolute Gasteiger partial charge is 0.347 e. The van der Waals surface area contributed by atoms with Crippen LogP contribution in [0, 0.1) is 9.39 Å². The van der Waals surface area contributed by atoms with Gasteiger partial charge < -0.3 is 14.8 Å². The first-order chi connectivity index (χ1) is 9.38. The minimum absolute atomic E-state index is 0.0396. The van der Waals surface area contributed by atoms with Crippen LogP contribution in [-0.4, -0.2) is 22.7 Å². The molecule has 106 valence electrons. The van der Waals surface area contributed by atoms with Crippen LogP contribution in [0.4, 0.5) is 4.39 Å². The molecule has 0 spiro atoms. The van der Waals surface area contributed by atoms with Crippen LogP contribution in [0.2, 0.25) is 0 Å². The number of aromatic amines is 1. The molecule has 0 aliphatic rings. The Morgan fingerprint density at radius 2 is 2.25 bits per heavy atom. The number of ether oxygens (including phenoxy) is 1. The average Bonchev–Trinajstić information content (AvgIpc) is 2.38. The number of aromatic hydroxyl groups is 1. The van der Waals surface area contributed by atoms with Crippen LogP contribution in [0.3, 0.4) is 0 Å². The van der Waals surface area contributed by atoms with Crippen molar-refractivity contribution in [1.82, 2.24) is 4.98 Å². The molecule has 0 aliphatic carbocycles. The fourth-order valence-electron chi connectivity index (χ4n) is 1.71. The lowest BCUT2D eigenvalue weighted by molar-refractivity contribution is 0.0521. The number of carbonyl (C=O) groups excluding carboxylic acids is 1. The molecule has 1 heterocycles. The van der Waals surface area contributed by atoms with Gasteiger partial charge in [0.1, 0.15) is 5.75 Å². The van der Waals surface area contributed by atoms with E-state index in [0.717, 1.165) is 0 Å². The molecule has 20 heavy (non-hydrogen) atoms. The van der Waals surface area contributed by atoms with Gasteiger partial charge in [0.05, 0.1) is 16.6 Å². The number of esters is 1. The molecule has 0 saturated heterocycles. The largest absolute Gasteiger partial charge is 0.506 e. The van der Waals surface area contributed by atoms with E-state index in [-0.39, 0.29) is 22.0 Å². The van der Waals surface area contributed by atoms with E-state index in [4.69, 9.17) is 4.74 Å². The first-order valence-electron chi connectivity index (χ1n) is 5.48. The minimum Gasteiger partial charge on any atom is -0.506 e. The fraction of sp³-hybridized carbons (Fsp3) is 0.167. The van der Waals surface area contributed by atoms with Crippen molar-refractivity contribution in [2.45, 2.75) is 6.92 Å². The van der Waals surface area contributed by atoms with Gasteiger partial charge in [-0.3, -0.25) is 4.79 Å². The normalized spacial score (nSPS) is 10.8. The van der Waals surface area contributed by atoms with E-state index in [2.05, 4.69) is 20.9 Å². The molecule has 8 heteroatoms. The van der Waals surface area contributed by atoms with Crippen LogP contribution in [0.5, 0.6) is 5.75 Å². The van der Waals surface area contributed by atoms with Crippen molar-refractivity contribution in [2.24, 2.45) is 0 Å². The maximum atomic E-state index is 14.1. The molecule has 0 radical (unpaired) electrons. The maximum absolute atomic E-state index is 14.1. The summed E-state index contributed by atoms with van der Waals surface area (Å²) in [5.41, 5.74) is -1.61. The Hall–Kier alpha value is -1.16. The zero-order chi connectivity index (χ0) is 15.0. The quantitative estimate of drug-likeness (QED) is 0.414. The molecule has 0 unspecified atom stereocenters. The molecule has 5 nitrogen and oxygen atoms in total. The van der Waals surface area contributed by atoms with Crippen LogP contribution in [-0.2, 0) is 4.74 Å². The van der Waals surface area contributed by atoms with Crippen molar-refractivity contribution in [3.05, 3.63) is 35.8 Å². The van der Waals surface area contributed by atoms with Gasteiger partial charge in [-0.1, -0.05) is 0 Å². The van der Waals surface area contributed by atoms with E-state index in [9.17, 15) is 19.1 Å². The number of rotatable bonds is 2. The second kappa shape index (κ2) is 5.68. The van der Waals surface area contributed by atoms with Gasteiger partial charge >= 0.3 is 5.97 Å². The maximum Gasteiger partial charge on any atom is 0.347 e. The van der Waals surface area contributed by atoms with E-state index in [0.29, 0.717) is 3.57 Å². The number of hydrogen-bond donors (Lipinski definition) is 2. The van der Waals surface area contributed by atoms with Crippen molar-refractivity contribution in [3.8, 4) is 5.75 Å². The number of nitrogens with one attached hydrogen (secondary N) is 1. The van der Waals surface area contributed by atoms with Gasteiger partial charge in [-0.05, 0) is 51.5 Å². The van der Waals surface area contributed by atoms with E-state index in [1.165, 1.54) is 6.07 Å². The number of H-pyrrole nitrogens is 1. The lowest BCUT2D eigenvalue weighted by Crippen LogP contribution is -2.20. The topological polar surface area (TPSA) is 79.4 Å². The molecule has 2 rings (SSSR count). The Balaban J connectivity index is 2.86. The second-order valence-corrected chi connectivity index (χ2v) is 5.76. The Kier molecular flexibility index (Phi) is 4.33. The van der Waals surface area contributed by atoms with Crippen LogP contribution in [0.1, 0.15) is 17.3 Å². The summed E-state index contributed by atoms with van der Waals surface area (Å²) in [5, 5.41) is 10.1. The van der Waals surface area contributed by atoms with Gasteiger partial charge in [0.2, 0.25) is 0 Å². The van der Waals surface area contributed by atoms with Gasteiger partial charge in [-0.2, -0.15) is 0 Å². The van der Waals surface area contributed by atoms with Crippen molar-refractivity contribution in [2.75, 3.05) is 6.61 Å². The summed E-state index contributed by atoms with van der Waals surface area (Å²) in [4.78, 5) is 25.7. The molecule has 0 fully saturated rings. The summed E-state index contributed by atoms with van der Waals surface area (Å²) in [6.07, 6.45) is 0. The molecule has 0 amide bonds. The van der Waals surface area contributed by atoms with Gasteiger partial charge in [0.15, 0.2) is 11.4 Å².